The predicted octanol–water partition coefficient (Wildman–Crippen LogP) is 3.12. The number of carbonyl (C=O) groups excluding carboxylic acids is 1. The standard InChI is InChI=1S/C13H15ClN2O3/c1-15(8-9-3-2-4-9)13(17)11-7-10(14)5-6-12(11)16(18)19/h5-7,9H,2-4,8H2,1H3. The van der Waals surface area contributed by atoms with E-state index in [-0.39, 0.29) is 17.2 Å². The minimum atomic E-state index is -0.555. The van der Waals surface area contributed by atoms with E-state index in [0.29, 0.717) is 17.5 Å². The summed E-state index contributed by atoms with van der Waals surface area (Å²) in [5.41, 5.74) is -0.144. The first-order valence-corrected chi connectivity index (χ1v) is 6.56. The smallest absolute Gasteiger partial charge is 0.282 e. The van der Waals surface area contributed by atoms with E-state index in [0.717, 1.165) is 12.8 Å². The van der Waals surface area contributed by atoms with Crippen LogP contribution in [0.1, 0.15) is 29.6 Å². The average molecular weight is 283 g/mol. The molecule has 0 spiro atoms. The van der Waals surface area contributed by atoms with Crippen LogP contribution in [0.15, 0.2) is 18.2 Å². The van der Waals surface area contributed by atoms with Crippen molar-refractivity contribution in [1.82, 2.24) is 4.90 Å². The van der Waals surface area contributed by atoms with E-state index in [1.807, 2.05) is 0 Å². The first-order chi connectivity index (χ1) is 8.99. The van der Waals surface area contributed by atoms with Crippen LogP contribution < -0.4 is 0 Å². The maximum Gasteiger partial charge on any atom is 0.282 e. The highest BCUT2D eigenvalue weighted by molar-refractivity contribution is 6.31. The van der Waals surface area contributed by atoms with Crippen molar-refractivity contribution in [2.75, 3.05) is 13.6 Å². The Morgan fingerprint density at radius 2 is 2.21 bits per heavy atom. The summed E-state index contributed by atoms with van der Waals surface area (Å²) in [4.78, 5) is 24.2. The molecule has 102 valence electrons. The first kappa shape index (κ1) is 13.8. The summed E-state index contributed by atoms with van der Waals surface area (Å²) in [6.07, 6.45) is 3.44. The number of hydrogen-bond acceptors (Lipinski definition) is 3. The Bertz CT molecular complexity index is 515. The highest BCUT2D eigenvalue weighted by atomic mass is 35.5. The van der Waals surface area contributed by atoms with Gasteiger partial charge in [0.05, 0.1) is 4.92 Å². The van der Waals surface area contributed by atoms with Crippen LogP contribution in [0.4, 0.5) is 5.69 Å². The summed E-state index contributed by atoms with van der Waals surface area (Å²) in [6.45, 7) is 0.641. The maximum absolute atomic E-state index is 12.3. The third kappa shape index (κ3) is 3.04. The van der Waals surface area contributed by atoms with E-state index in [9.17, 15) is 14.9 Å². The number of benzene rings is 1. The van der Waals surface area contributed by atoms with Gasteiger partial charge in [0.1, 0.15) is 5.56 Å². The summed E-state index contributed by atoms with van der Waals surface area (Å²) in [7, 11) is 1.67. The van der Waals surface area contributed by atoms with Crippen LogP contribution in [0.2, 0.25) is 5.02 Å². The van der Waals surface area contributed by atoms with E-state index < -0.39 is 4.92 Å². The van der Waals surface area contributed by atoms with E-state index in [1.54, 1.807) is 11.9 Å². The fourth-order valence-electron chi connectivity index (χ4n) is 2.19. The number of rotatable bonds is 4. The maximum atomic E-state index is 12.3. The molecular formula is C13H15ClN2O3. The molecule has 0 atom stereocenters. The van der Waals surface area contributed by atoms with Crippen LogP contribution in [0.3, 0.4) is 0 Å². The number of halogens is 1. The van der Waals surface area contributed by atoms with Crippen LogP contribution in [-0.2, 0) is 0 Å². The lowest BCUT2D eigenvalue weighted by Gasteiger charge is -2.30. The van der Waals surface area contributed by atoms with Gasteiger partial charge in [0.15, 0.2) is 0 Å². The lowest BCUT2D eigenvalue weighted by Crippen LogP contribution is -2.34. The molecule has 1 aliphatic carbocycles. The number of hydrogen-bond donors (Lipinski definition) is 0. The zero-order chi connectivity index (χ0) is 14.0. The van der Waals surface area contributed by atoms with Gasteiger partial charge in [-0.15, -0.1) is 0 Å². The number of nitro groups is 1. The van der Waals surface area contributed by atoms with Crippen molar-refractivity contribution < 1.29 is 9.72 Å². The van der Waals surface area contributed by atoms with Gasteiger partial charge in [0, 0.05) is 24.7 Å². The van der Waals surface area contributed by atoms with Gasteiger partial charge in [0.25, 0.3) is 11.6 Å². The van der Waals surface area contributed by atoms with Crippen LogP contribution in [0.25, 0.3) is 0 Å². The Labute approximate surface area is 116 Å². The van der Waals surface area contributed by atoms with Crippen molar-refractivity contribution in [2.45, 2.75) is 19.3 Å². The van der Waals surface area contributed by atoms with Crippen molar-refractivity contribution >= 4 is 23.2 Å². The van der Waals surface area contributed by atoms with Crippen molar-refractivity contribution in [2.24, 2.45) is 5.92 Å². The Hall–Kier alpha value is -1.62. The number of nitro benzene ring substituents is 1. The molecule has 1 amide bonds. The molecule has 1 aromatic rings. The van der Waals surface area contributed by atoms with Crippen LogP contribution in [0.5, 0.6) is 0 Å². The van der Waals surface area contributed by atoms with Crippen LogP contribution in [0, 0.1) is 16.0 Å². The third-order valence-electron chi connectivity index (χ3n) is 3.49. The summed E-state index contributed by atoms with van der Waals surface area (Å²) in [5.74, 6) is 0.174. The van der Waals surface area contributed by atoms with Gasteiger partial charge in [-0.3, -0.25) is 14.9 Å². The van der Waals surface area contributed by atoms with Crippen molar-refractivity contribution in [3.63, 3.8) is 0 Å². The van der Waals surface area contributed by atoms with Gasteiger partial charge in [0.2, 0.25) is 0 Å². The molecule has 19 heavy (non-hydrogen) atoms. The molecule has 0 unspecified atom stereocenters. The van der Waals surface area contributed by atoms with E-state index >= 15 is 0 Å². The SMILES string of the molecule is CN(CC1CCC1)C(=O)c1cc(Cl)ccc1[N+](=O)[O-]. The molecule has 0 radical (unpaired) electrons. The molecule has 0 aliphatic heterocycles. The number of carbonyl (C=O) groups is 1. The fraction of sp³-hybridized carbons (Fsp3) is 0.462. The monoisotopic (exact) mass is 282 g/mol. The molecular weight excluding hydrogens is 268 g/mol. The summed E-state index contributed by atoms with van der Waals surface area (Å²) in [5, 5.41) is 11.3. The molecule has 1 fully saturated rings. The van der Waals surface area contributed by atoms with Crippen molar-refractivity contribution in [3.8, 4) is 0 Å². The molecule has 1 saturated carbocycles. The highest BCUT2D eigenvalue weighted by Crippen LogP contribution is 2.28. The van der Waals surface area contributed by atoms with Crippen molar-refractivity contribution in [1.29, 1.82) is 0 Å². The minimum Gasteiger partial charge on any atom is -0.341 e. The second-order valence-corrected chi connectivity index (χ2v) is 5.34. The van der Waals surface area contributed by atoms with Gasteiger partial charge < -0.3 is 4.90 Å². The van der Waals surface area contributed by atoms with E-state index in [2.05, 4.69) is 0 Å². The molecule has 0 heterocycles. The molecule has 0 saturated heterocycles. The molecule has 5 nitrogen and oxygen atoms in total. The van der Waals surface area contributed by atoms with Gasteiger partial charge in [-0.05, 0) is 30.9 Å². The Morgan fingerprint density at radius 1 is 1.53 bits per heavy atom. The normalized spacial score (nSPS) is 14.8. The Balaban J connectivity index is 2.21. The minimum absolute atomic E-state index is 0.0549. The second-order valence-electron chi connectivity index (χ2n) is 4.90. The molecule has 0 bridgehead atoms. The number of amides is 1. The van der Waals surface area contributed by atoms with Gasteiger partial charge in [-0.1, -0.05) is 18.0 Å². The Morgan fingerprint density at radius 3 is 2.74 bits per heavy atom. The zero-order valence-corrected chi connectivity index (χ0v) is 11.4. The zero-order valence-electron chi connectivity index (χ0n) is 10.6. The summed E-state index contributed by atoms with van der Waals surface area (Å²) < 4.78 is 0. The van der Waals surface area contributed by atoms with E-state index in [4.69, 9.17) is 11.6 Å². The molecule has 2 rings (SSSR count). The topological polar surface area (TPSA) is 63.5 Å². The van der Waals surface area contributed by atoms with Gasteiger partial charge in [-0.2, -0.15) is 0 Å². The summed E-state index contributed by atoms with van der Waals surface area (Å²) >= 11 is 5.82. The molecule has 1 aromatic carbocycles. The Kier molecular flexibility index (Phi) is 4.04. The van der Waals surface area contributed by atoms with Crippen LogP contribution >= 0.6 is 11.6 Å². The van der Waals surface area contributed by atoms with Crippen molar-refractivity contribution in [3.05, 3.63) is 38.9 Å². The van der Waals surface area contributed by atoms with Gasteiger partial charge in [-0.25, -0.2) is 0 Å². The lowest BCUT2D eigenvalue weighted by atomic mass is 9.85. The first-order valence-electron chi connectivity index (χ1n) is 6.18. The quantitative estimate of drug-likeness (QED) is 0.629. The molecule has 0 N–H and O–H groups in total. The number of nitrogens with zero attached hydrogens (tertiary/aromatic N) is 2. The highest BCUT2D eigenvalue weighted by Gasteiger charge is 2.26. The second kappa shape index (κ2) is 5.57. The summed E-state index contributed by atoms with van der Waals surface area (Å²) in [6, 6.07) is 4.05. The predicted molar refractivity (Wildman–Crippen MR) is 72.4 cm³/mol. The molecule has 1 aliphatic rings. The third-order valence-corrected chi connectivity index (χ3v) is 3.72. The van der Waals surface area contributed by atoms with E-state index in [1.165, 1.54) is 24.6 Å². The average Bonchev–Trinajstić information content (AvgIpc) is 2.32. The largest absolute Gasteiger partial charge is 0.341 e. The fourth-order valence-corrected chi connectivity index (χ4v) is 2.36. The van der Waals surface area contributed by atoms with Gasteiger partial charge >= 0.3 is 0 Å². The molecule has 6 heteroatoms. The van der Waals surface area contributed by atoms with Crippen LogP contribution in [-0.4, -0.2) is 29.3 Å². The lowest BCUT2D eigenvalue weighted by molar-refractivity contribution is -0.385. The molecule has 0 aromatic heterocycles.